The maximum Gasteiger partial charge on any atom is 0.254 e. The van der Waals surface area contributed by atoms with Crippen LogP contribution in [0.5, 0.6) is 0 Å². The van der Waals surface area contributed by atoms with Crippen molar-refractivity contribution < 1.29 is 4.79 Å². The highest BCUT2D eigenvalue weighted by Crippen LogP contribution is 2.26. The van der Waals surface area contributed by atoms with Crippen molar-refractivity contribution in [2.24, 2.45) is 0 Å². The van der Waals surface area contributed by atoms with Crippen LogP contribution in [0.2, 0.25) is 0 Å². The van der Waals surface area contributed by atoms with Crippen molar-refractivity contribution in [3.8, 4) is 0 Å². The van der Waals surface area contributed by atoms with Crippen LogP contribution in [-0.2, 0) is 6.54 Å². The minimum atomic E-state index is -0.107. The quantitative estimate of drug-likeness (QED) is 0.674. The third-order valence-electron chi connectivity index (χ3n) is 6.08. The Bertz CT molecular complexity index is 1080. The van der Waals surface area contributed by atoms with Crippen molar-refractivity contribution in [2.75, 3.05) is 0 Å². The van der Waals surface area contributed by atoms with E-state index < -0.39 is 0 Å². The SMILES string of the molecule is Cc1ccc(C(=O)N(Cc2cc3cccc(C)c3[nH]c2=O)C2CCCCC2)cc1. The average Bonchev–Trinajstić information content (AvgIpc) is 2.74. The van der Waals surface area contributed by atoms with E-state index in [0.717, 1.165) is 47.7 Å². The van der Waals surface area contributed by atoms with Crippen molar-refractivity contribution in [3.63, 3.8) is 0 Å². The van der Waals surface area contributed by atoms with Gasteiger partial charge in [-0.3, -0.25) is 9.59 Å². The number of aromatic nitrogens is 1. The lowest BCUT2D eigenvalue weighted by atomic mass is 9.93. The lowest BCUT2D eigenvalue weighted by Gasteiger charge is -2.34. The number of benzene rings is 2. The number of nitrogens with one attached hydrogen (secondary N) is 1. The Hall–Kier alpha value is -2.88. The van der Waals surface area contributed by atoms with Crippen LogP contribution in [-0.4, -0.2) is 21.8 Å². The Labute approximate surface area is 171 Å². The fourth-order valence-electron chi connectivity index (χ4n) is 4.35. The molecule has 1 aromatic heterocycles. The Morgan fingerprint density at radius 1 is 1.03 bits per heavy atom. The van der Waals surface area contributed by atoms with Crippen LogP contribution in [0, 0.1) is 13.8 Å². The van der Waals surface area contributed by atoms with Crippen molar-refractivity contribution >= 4 is 16.8 Å². The third-order valence-corrected chi connectivity index (χ3v) is 6.08. The summed E-state index contributed by atoms with van der Waals surface area (Å²) in [5.74, 6) is 0.0145. The molecule has 1 fully saturated rings. The summed E-state index contributed by atoms with van der Waals surface area (Å²) in [5.41, 5.74) is 4.28. The minimum absolute atomic E-state index is 0.0145. The lowest BCUT2D eigenvalue weighted by molar-refractivity contribution is 0.0613. The molecule has 1 N–H and O–H groups in total. The van der Waals surface area contributed by atoms with Gasteiger partial charge in [-0.2, -0.15) is 0 Å². The molecule has 4 nitrogen and oxygen atoms in total. The zero-order chi connectivity index (χ0) is 20.4. The fourth-order valence-corrected chi connectivity index (χ4v) is 4.35. The summed E-state index contributed by atoms with van der Waals surface area (Å²) in [4.78, 5) is 31.2. The highest BCUT2D eigenvalue weighted by atomic mass is 16.2. The molecule has 0 aliphatic heterocycles. The Morgan fingerprint density at radius 2 is 1.76 bits per heavy atom. The van der Waals surface area contributed by atoms with Gasteiger partial charge in [-0.1, -0.05) is 55.2 Å². The predicted molar refractivity (Wildman–Crippen MR) is 117 cm³/mol. The molecule has 4 rings (SSSR count). The number of para-hydroxylation sites is 1. The number of aromatic amines is 1. The molecule has 0 saturated heterocycles. The standard InChI is InChI=1S/C25H28N2O2/c1-17-11-13-19(14-12-17)25(29)27(22-9-4-3-5-10-22)16-21-15-20-8-6-7-18(2)23(20)26-24(21)28/h6-8,11-15,22H,3-5,9-10,16H2,1-2H3,(H,26,28). The topological polar surface area (TPSA) is 53.2 Å². The monoisotopic (exact) mass is 388 g/mol. The van der Waals surface area contributed by atoms with Gasteiger partial charge in [0.15, 0.2) is 0 Å². The van der Waals surface area contributed by atoms with E-state index in [0.29, 0.717) is 17.7 Å². The number of aryl methyl sites for hydroxylation is 2. The van der Waals surface area contributed by atoms with E-state index in [2.05, 4.69) is 4.98 Å². The summed E-state index contributed by atoms with van der Waals surface area (Å²) in [6, 6.07) is 15.8. The number of carbonyl (C=O) groups is 1. The van der Waals surface area contributed by atoms with E-state index in [4.69, 9.17) is 0 Å². The van der Waals surface area contributed by atoms with Gasteiger partial charge in [0.05, 0.1) is 12.1 Å². The van der Waals surface area contributed by atoms with Gasteiger partial charge in [0.25, 0.3) is 11.5 Å². The summed E-state index contributed by atoms with van der Waals surface area (Å²) in [5, 5.41) is 1.01. The van der Waals surface area contributed by atoms with Crippen molar-refractivity contribution in [2.45, 2.75) is 58.5 Å². The third kappa shape index (κ3) is 4.12. The number of rotatable bonds is 4. The highest BCUT2D eigenvalue weighted by Gasteiger charge is 2.27. The fraction of sp³-hybridized carbons (Fsp3) is 0.360. The number of amides is 1. The van der Waals surface area contributed by atoms with Crippen LogP contribution in [0.15, 0.2) is 53.3 Å². The Morgan fingerprint density at radius 3 is 2.48 bits per heavy atom. The Kier molecular flexibility index (Phi) is 5.52. The van der Waals surface area contributed by atoms with Gasteiger partial charge in [-0.15, -0.1) is 0 Å². The maximum absolute atomic E-state index is 13.4. The molecule has 2 aromatic carbocycles. The Balaban J connectivity index is 1.71. The number of carbonyl (C=O) groups excluding carboxylic acids is 1. The summed E-state index contributed by atoms with van der Waals surface area (Å²) in [6.07, 6.45) is 5.49. The van der Waals surface area contributed by atoms with Gasteiger partial charge < -0.3 is 9.88 Å². The van der Waals surface area contributed by atoms with Gasteiger partial charge in [0, 0.05) is 17.2 Å². The second-order valence-corrected chi connectivity index (χ2v) is 8.25. The lowest BCUT2D eigenvalue weighted by Crippen LogP contribution is -2.42. The number of hydrogen-bond donors (Lipinski definition) is 1. The second kappa shape index (κ2) is 8.24. The molecule has 1 aliphatic rings. The van der Waals surface area contributed by atoms with Crippen LogP contribution in [0.3, 0.4) is 0 Å². The van der Waals surface area contributed by atoms with E-state index in [-0.39, 0.29) is 17.5 Å². The molecular weight excluding hydrogens is 360 g/mol. The number of hydrogen-bond acceptors (Lipinski definition) is 2. The largest absolute Gasteiger partial charge is 0.331 e. The molecule has 0 unspecified atom stereocenters. The molecule has 1 saturated carbocycles. The molecule has 1 heterocycles. The van der Waals surface area contributed by atoms with Crippen LogP contribution >= 0.6 is 0 Å². The molecular formula is C25H28N2O2. The molecule has 1 aliphatic carbocycles. The van der Waals surface area contributed by atoms with Gasteiger partial charge >= 0.3 is 0 Å². The molecule has 0 bridgehead atoms. The first-order chi connectivity index (χ1) is 14.0. The van der Waals surface area contributed by atoms with Crippen LogP contribution in [0.25, 0.3) is 10.9 Å². The summed E-state index contributed by atoms with van der Waals surface area (Å²) in [7, 11) is 0. The number of H-pyrrole nitrogens is 1. The van der Waals surface area contributed by atoms with Gasteiger partial charge in [0.2, 0.25) is 0 Å². The van der Waals surface area contributed by atoms with Gasteiger partial charge in [0.1, 0.15) is 0 Å². The maximum atomic E-state index is 13.4. The van der Waals surface area contributed by atoms with Crippen molar-refractivity contribution in [1.29, 1.82) is 0 Å². The highest BCUT2D eigenvalue weighted by molar-refractivity contribution is 5.94. The summed E-state index contributed by atoms with van der Waals surface area (Å²) >= 11 is 0. The normalized spacial score (nSPS) is 14.8. The van der Waals surface area contributed by atoms with E-state index >= 15 is 0 Å². The first-order valence-corrected chi connectivity index (χ1v) is 10.5. The molecule has 3 aromatic rings. The van der Waals surface area contributed by atoms with Crippen LogP contribution in [0.4, 0.5) is 0 Å². The minimum Gasteiger partial charge on any atom is -0.331 e. The number of fused-ring (bicyclic) bond motifs is 1. The number of nitrogens with zero attached hydrogens (tertiary/aromatic N) is 1. The second-order valence-electron chi connectivity index (χ2n) is 8.25. The molecule has 0 spiro atoms. The predicted octanol–water partition coefficient (Wildman–Crippen LogP) is 5.12. The number of pyridine rings is 1. The van der Waals surface area contributed by atoms with E-state index in [1.807, 2.05) is 67.3 Å². The first kappa shape index (κ1) is 19.4. The van der Waals surface area contributed by atoms with Crippen LogP contribution < -0.4 is 5.56 Å². The van der Waals surface area contributed by atoms with Gasteiger partial charge in [-0.05, 0) is 55.8 Å². The van der Waals surface area contributed by atoms with E-state index in [1.165, 1.54) is 6.42 Å². The molecule has 150 valence electrons. The summed E-state index contributed by atoms with van der Waals surface area (Å²) in [6.45, 7) is 4.35. The van der Waals surface area contributed by atoms with Crippen molar-refractivity contribution in [3.05, 3.63) is 81.1 Å². The van der Waals surface area contributed by atoms with Crippen LogP contribution in [0.1, 0.15) is 59.2 Å². The molecule has 29 heavy (non-hydrogen) atoms. The molecule has 1 amide bonds. The van der Waals surface area contributed by atoms with Gasteiger partial charge in [-0.25, -0.2) is 0 Å². The van der Waals surface area contributed by atoms with Crippen molar-refractivity contribution in [1.82, 2.24) is 9.88 Å². The summed E-state index contributed by atoms with van der Waals surface area (Å²) < 4.78 is 0. The van der Waals surface area contributed by atoms with E-state index in [9.17, 15) is 9.59 Å². The zero-order valence-corrected chi connectivity index (χ0v) is 17.2. The molecule has 0 radical (unpaired) electrons. The zero-order valence-electron chi connectivity index (χ0n) is 17.2. The smallest absolute Gasteiger partial charge is 0.254 e. The van der Waals surface area contributed by atoms with E-state index in [1.54, 1.807) is 0 Å². The molecule has 4 heteroatoms. The first-order valence-electron chi connectivity index (χ1n) is 10.5. The average molecular weight is 389 g/mol. The molecule has 0 atom stereocenters.